The molecule has 1 aliphatic rings. The normalized spacial score (nSPS) is 15.0. The maximum atomic E-state index is 12.6. The van der Waals surface area contributed by atoms with E-state index in [1.54, 1.807) is 13.1 Å². The molecule has 13 heteroatoms. The summed E-state index contributed by atoms with van der Waals surface area (Å²) in [5.74, 6) is -0.610. The standard InChI is InChI=1S/C21H28N8O5/c1-13(29-12-22-18-17(29)19(31)27(3)21(33)26(18)2)20(32)34-11-15-10-28(25-24-15)9-8-16(30)23-14-6-4-5-7-14/h10,12-14H,4-9,11H2,1-3H3,(H,23,30). The number of amides is 1. The summed E-state index contributed by atoms with van der Waals surface area (Å²) < 4.78 is 10.5. The number of imidazole rings is 1. The molecular weight excluding hydrogens is 444 g/mol. The summed E-state index contributed by atoms with van der Waals surface area (Å²) in [5.41, 5.74) is -0.290. The molecule has 13 nitrogen and oxygen atoms in total. The Morgan fingerprint density at radius 2 is 1.94 bits per heavy atom. The van der Waals surface area contributed by atoms with Crippen molar-refractivity contribution in [3.63, 3.8) is 0 Å². The number of carbonyl (C=O) groups excluding carboxylic acids is 2. The number of carbonyl (C=O) groups is 2. The van der Waals surface area contributed by atoms with Crippen LogP contribution in [-0.2, 0) is 41.6 Å². The van der Waals surface area contributed by atoms with Crippen molar-refractivity contribution in [3.8, 4) is 0 Å². The lowest BCUT2D eigenvalue weighted by Crippen LogP contribution is -2.38. The lowest BCUT2D eigenvalue weighted by Gasteiger charge is -2.13. The van der Waals surface area contributed by atoms with E-state index in [0.29, 0.717) is 18.7 Å². The van der Waals surface area contributed by atoms with Gasteiger partial charge in [-0.1, -0.05) is 18.1 Å². The fraction of sp³-hybridized carbons (Fsp3) is 0.571. The summed E-state index contributed by atoms with van der Waals surface area (Å²) in [6.07, 6.45) is 7.63. The Morgan fingerprint density at radius 1 is 1.21 bits per heavy atom. The predicted octanol–water partition coefficient (Wildman–Crippen LogP) is -0.221. The van der Waals surface area contributed by atoms with Gasteiger partial charge in [0.15, 0.2) is 11.2 Å². The number of aromatic nitrogens is 7. The van der Waals surface area contributed by atoms with Crippen LogP contribution in [0.3, 0.4) is 0 Å². The van der Waals surface area contributed by atoms with Crippen LogP contribution >= 0.6 is 0 Å². The zero-order valence-electron chi connectivity index (χ0n) is 19.4. The highest BCUT2D eigenvalue weighted by Crippen LogP contribution is 2.18. The minimum atomic E-state index is -0.857. The van der Waals surface area contributed by atoms with E-state index in [1.165, 1.54) is 34.2 Å². The monoisotopic (exact) mass is 472 g/mol. The molecule has 34 heavy (non-hydrogen) atoms. The number of esters is 1. The van der Waals surface area contributed by atoms with Crippen molar-refractivity contribution in [2.45, 2.75) is 64.3 Å². The van der Waals surface area contributed by atoms with Gasteiger partial charge >= 0.3 is 11.7 Å². The molecule has 3 aromatic rings. The summed E-state index contributed by atoms with van der Waals surface area (Å²) in [7, 11) is 2.87. The van der Waals surface area contributed by atoms with Crippen molar-refractivity contribution < 1.29 is 14.3 Å². The van der Waals surface area contributed by atoms with Crippen LogP contribution in [0.5, 0.6) is 0 Å². The first-order chi connectivity index (χ1) is 16.3. The van der Waals surface area contributed by atoms with Gasteiger partial charge in [-0.15, -0.1) is 5.10 Å². The van der Waals surface area contributed by atoms with Gasteiger partial charge in [0.25, 0.3) is 5.56 Å². The van der Waals surface area contributed by atoms with Gasteiger partial charge in [-0.25, -0.2) is 14.6 Å². The molecule has 1 amide bonds. The summed E-state index contributed by atoms with van der Waals surface area (Å²) in [6.45, 7) is 1.84. The van der Waals surface area contributed by atoms with Crippen molar-refractivity contribution >= 4 is 23.0 Å². The van der Waals surface area contributed by atoms with Crippen molar-refractivity contribution in [2.75, 3.05) is 0 Å². The Morgan fingerprint density at radius 3 is 2.68 bits per heavy atom. The van der Waals surface area contributed by atoms with Gasteiger partial charge in [0.05, 0.1) is 19.1 Å². The molecule has 1 N–H and O–H groups in total. The van der Waals surface area contributed by atoms with E-state index in [4.69, 9.17) is 4.74 Å². The molecule has 1 fully saturated rings. The van der Waals surface area contributed by atoms with E-state index in [9.17, 15) is 19.2 Å². The summed E-state index contributed by atoms with van der Waals surface area (Å²) in [5, 5.41) is 11.0. The molecule has 0 spiro atoms. The molecule has 0 saturated heterocycles. The summed E-state index contributed by atoms with van der Waals surface area (Å²) in [6, 6.07) is -0.581. The van der Waals surface area contributed by atoms with Crippen LogP contribution in [-0.4, -0.2) is 51.6 Å². The van der Waals surface area contributed by atoms with Crippen LogP contribution in [0.25, 0.3) is 11.2 Å². The van der Waals surface area contributed by atoms with Crippen LogP contribution in [0.2, 0.25) is 0 Å². The third-order valence-electron chi connectivity index (χ3n) is 6.17. The number of ether oxygens (including phenoxy) is 1. The van der Waals surface area contributed by atoms with Crippen LogP contribution in [0.4, 0.5) is 0 Å². The van der Waals surface area contributed by atoms with E-state index in [2.05, 4.69) is 20.6 Å². The van der Waals surface area contributed by atoms with Crippen LogP contribution in [0, 0.1) is 0 Å². The quantitative estimate of drug-likeness (QED) is 0.443. The highest BCUT2D eigenvalue weighted by Gasteiger charge is 2.23. The number of nitrogens with zero attached hydrogens (tertiary/aromatic N) is 7. The molecule has 3 heterocycles. The van der Waals surface area contributed by atoms with E-state index < -0.39 is 23.3 Å². The molecule has 3 aromatic heterocycles. The van der Waals surface area contributed by atoms with E-state index in [1.807, 2.05) is 0 Å². The lowest BCUT2D eigenvalue weighted by molar-refractivity contribution is -0.148. The molecule has 1 aliphatic carbocycles. The van der Waals surface area contributed by atoms with Gasteiger partial charge in [-0.3, -0.25) is 23.4 Å². The molecule has 182 valence electrons. The smallest absolute Gasteiger partial charge is 0.332 e. The first-order valence-electron chi connectivity index (χ1n) is 11.2. The summed E-state index contributed by atoms with van der Waals surface area (Å²) >= 11 is 0. The number of aryl methyl sites for hydroxylation is 2. The molecule has 0 aliphatic heterocycles. The van der Waals surface area contributed by atoms with E-state index in [0.717, 1.165) is 30.3 Å². The largest absolute Gasteiger partial charge is 0.458 e. The van der Waals surface area contributed by atoms with Crippen molar-refractivity contribution in [1.82, 2.24) is 39.0 Å². The minimum Gasteiger partial charge on any atom is -0.458 e. The van der Waals surface area contributed by atoms with Crippen LogP contribution in [0.1, 0.15) is 50.8 Å². The maximum absolute atomic E-state index is 12.6. The second-order valence-corrected chi connectivity index (χ2v) is 8.59. The molecule has 1 saturated carbocycles. The number of rotatable bonds is 8. The second-order valence-electron chi connectivity index (χ2n) is 8.59. The lowest BCUT2D eigenvalue weighted by atomic mass is 10.2. The third kappa shape index (κ3) is 4.63. The average Bonchev–Trinajstić information content (AvgIpc) is 3.59. The fourth-order valence-corrected chi connectivity index (χ4v) is 4.14. The Kier molecular flexibility index (Phi) is 6.61. The summed E-state index contributed by atoms with van der Waals surface area (Å²) in [4.78, 5) is 53.5. The highest BCUT2D eigenvalue weighted by molar-refractivity contribution is 5.78. The molecular formula is C21H28N8O5. The molecule has 0 radical (unpaired) electrons. The highest BCUT2D eigenvalue weighted by atomic mass is 16.5. The molecule has 4 rings (SSSR count). The van der Waals surface area contributed by atoms with Crippen molar-refractivity contribution in [3.05, 3.63) is 39.1 Å². The minimum absolute atomic E-state index is 0.0135. The molecule has 1 atom stereocenters. The first kappa shape index (κ1) is 23.4. The second kappa shape index (κ2) is 9.61. The number of hydrogen-bond acceptors (Lipinski definition) is 8. The Hall–Kier alpha value is -3.77. The zero-order chi connectivity index (χ0) is 24.4. The van der Waals surface area contributed by atoms with Crippen LogP contribution in [0.15, 0.2) is 22.1 Å². The van der Waals surface area contributed by atoms with Gasteiger partial charge < -0.3 is 14.6 Å². The van der Waals surface area contributed by atoms with Gasteiger partial charge in [-0.05, 0) is 19.8 Å². The van der Waals surface area contributed by atoms with E-state index >= 15 is 0 Å². The third-order valence-corrected chi connectivity index (χ3v) is 6.17. The molecule has 1 unspecified atom stereocenters. The SMILES string of the molecule is CC(C(=O)OCc1cn(CCC(=O)NC2CCCC2)nn1)n1cnc2c1c(=O)n(C)c(=O)n2C. The predicted molar refractivity (Wildman–Crippen MR) is 120 cm³/mol. The topological polar surface area (TPSA) is 148 Å². The van der Waals surface area contributed by atoms with Crippen molar-refractivity contribution in [2.24, 2.45) is 14.1 Å². The van der Waals surface area contributed by atoms with Gasteiger partial charge in [-0.2, -0.15) is 0 Å². The van der Waals surface area contributed by atoms with Crippen LogP contribution < -0.4 is 16.6 Å². The Bertz CT molecular complexity index is 1330. The average molecular weight is 473 g/mol. The maximum Gasteiger partial charge on any atom is 0.332 e. The fourth-order valence-electron chi connectivity index (χ4n) is 4.14. The zero-order valence-corrected chi connectivity index (χ0v) is 19.4. The van der Waals surface area contributed by atoms with Gasteiger partial charge in [0.1, 0.15) is 18.3 Å². The van der Waals surface area contributed by atoms with E-state index in [-0.39, 0.29) is 29.7 Å². The van der Waals surface area contributed by atoms with Gasteiger partial charge in [0, 0.05) is 26.6 Å². The number of hydrogen-bond donors (Lipinski definition) is 1. The first-order valence-corrected chi connectivity index (χ1v) is 11.2. The Labute approximate surface area is 194 Å². The van der Waals surface area contributed by atoms with Crippen molar-refractivity contribution in [1.29, 1.82) is 0 Å². The number of nitrogens with one attached hydrogen (secondary N) is 1. The molecule has 0 aromatic carbocycles. The van der Waals surface area contributed by atoms with Gasteiger partial charge in [0.2, 0.25) is 5.91 Å². The number of fused-ring (bicyclic) bond motifs is 1. The Balaban J connectivity index is 1.34. The molecule has 0 bridgehead atoms.